The third-order valence-corrected chi connectivity index (χ3v) is 13.5. The minimum Gasteiger partial charge on any atom is -0.395 e. The number of fused-ring (bicyclic) bond motifs is 2. The van der Waals surface area contributed by atoms with Crippen molar-refractivity contribution in [1.82, 2.24) is 15.0 Å². The van der Waals surface area contributed by atoms with Gasteiger partial charge in [-0.2, -0.15) is 0 Å². The fourth-order valence-electron chi connectivity index (χ4n) is 8.15. The second-order valence-electron chi connectivity index (χ2n) is 14.1. The lowest BCUT2D eigenvalue weighted by Gasteiger charge is -2.31. The molecule has 0 saturated carbocycles. The first-order valence-corrected chi connectivity index (χ1v) is 21.2. The van der Waals surface area contributed by atoms with Crippen molar-refractivity contribution in [3.8, 4) is 0 Å². The zero-order chi connectivity index (χ0) is 36.6. The molecule has 5 aromatic rings. The lowest BCUT2D eigenvalue weighted by Crippen LogP contribution is -2.45. The molecule has 1 fully saturated rings. The number of carbonyl (C=O) groups is 2. The van der Waals surface area contributed by atoms with Crippen LogP contribution in [0.2, 0.25) is 18.6 Å². The number of hydrogen-bond acceptors (Lipinski definition) is 6. The van der Waals surface area contributed by atoms with Crippen LogP contribution in [0.4, 0.5) is 21.2 Å². The highest BCUT2D eigenvalue weighted by molar-refractivity contribution is 9.10. The van der Waals surface area contributed by atoms with Crippen LogP contribution < -0.4 is 9.80 Å². The van der Waals surface area contributed by atoms with E-state index in [1.54, 1.807) is 27.6 Å². The van der Waals surface area contributed by atoms with Crippen molar-refractivity contribution in [2.45, 2.75) is 62.7 Å². The standard InChI is InChI=1S/C40H41BrFN5O4Si/c1-27-38(52(2,3)42)37(20-21-45-24-35(43-44-45)33(25-48)29-10-6-4-7-11-29)51-40(27)34-22-30(41)16-19-36(34)46(39(40)50)23-28-14-17-32(18-15-28)47(26-49)31-12-8-5-9-13-31/h4-19,22,24,26-27,33,37-38,48H,20-21,23,25H2,1-3H3/t27-,33?,37+,38-,40+/m0/s1. The summed E-state index contributed by atoms with van der Waals surface area (Å²) in [5.74, 6) is -0.961. The van der Waals surface area contributed by atoms with Crippen LogP contribution in [0, 0.1) is 5.92 Å². The van der Waals surface area contributed by atoms with Gasteiger partial charge in [0.05, 0.1) is 36.6 Å². The molecule has 1 N–H and O–H groups in total. The van der Waals surface area contributed by atoms with Gasteiger partial charge in [0.2, 0.25) is 14.8 Å². The van der Waals surface area contributed by atoms with E-state index in [2.05, 4.69) is 26.2 Å². The summed E-state index contributed by atoms with van der Waals surface area (Å²) in [6.07, 6.45) is 2.50. The molecule has 12 heteroatoms. The van der Waals surface area contributed by atoms with Gasteiger partial charge >= 0.3 is 0 Å². The summed E-state index contributed by atoms with van der Waals surface area (Å²) in [6, 6.07) is 32.4. The molecule has 2 aliphatic heterocycles. The van der Waals surface area contributed by atoms with Crippen molar-refractivity contribution in [2.75, 3.05) is 16.4 Å². The second kappa shape index (κ2) is 14.5. The number of para-hydroxylation sites is 1. The van der Waals surface area contributed by atoms with E-state index in [9.17, 15) is 14.7 Å². The molecule has 1 saturated heterocycles. The van der Waals surface area contributed by atoms with E-state index >= 15 is 4.11 Å². The largest absolute Gasteiger partial charge is 0.395 e. The maximum atomic E-state index is 16.4. The number of aliphatic hydroxyl groups is 1. The van der Waals surface area contributed by atoms with Crippen molar-refractivity contribution < 1.29 is 23.5 Å². The number of anilines is 3. The van der Waals surface area contributed by atoms with Crippen molar-refractivity contribution in [3.05, 3.63) is 136 Å². The Morgan fingerprint density at radius 3 is 2.35 bits per heavy atom. The van der Waals surface area contributed by atoms with Gasteiger partial charge in [-0.15, -0.1) is 5.10 Å². The molecule has 1 spiro atoms. The van der Waals surface area contributed by atoms with E-state index in [1.165, 1.54) is 0 Å². The minimum absolute atomic E-state index is 0.110. The van der Waals surface area contributed by atoms with Crippen LogP contribution in [0.5, 0.6) is 0 Å². The topological polar surface area (TPSA) is 101 Å². The smallest absolute Gasteiger partial charge is 0.264 e. The first-order chi connectivity index (χ1) is 25.0. The molecule has 7 rings (SSSR count). The van der Waals surface area contributed by atoms with Crippen LogP contribution in [0.25, 0.3) is 0 Å². The van der Waals surface area contributed by atoms with Crippen LogP contribution in [0.1, 0.15) is 41.6 Å². The van der Waals surface area contributed by atoms with Crippen molar-refractivity contribution in [3.63, 3.8) is 0 Å². The summed E-state index contributed by atoms with van der Waals surface area (Å²) in [6.45, 7) is 5.92. The molecule has 2 aliphatic rings. The van der Waals surface area contributed by atoms with Crippen LogP contribution in [0.15, 0.2) is 114 Å². The molecule has 52 heavy (non-hydrogen) atoms. The lowest BCUT2D eigenvalue weighted by atomic mass is 9.82. The Balaban J connectivity index is 1.15. The fraction of sp³-hybridized carbons (Fsp3) is 0.300. The molecule has 0 bridgehead atoms. The SMILES string of the molecule is C[C@H]1[C@H]([Si](C)(C)F)[C@@H](CCn2cc(C(CO)c3ccccc3)nn2)O[C@]12C(=O)N(Cc1ccc(N(C=O)c3ccccc3)cc1)c1ccc(Br)cc12. The summed E-state index contributed by atoms with van der Waals surface area (Å²) in [5.41, 5.74) is 3.56. The number of aryl methyl sites for hydroxylation is 1. The average Bonchev–Trinajstić information content (AvgIpc) is 3.80. The third kappa shape index (κ3) is 6.53. The Bertz CT molecular complexity index is 2040. The second-order valence-corrected chi connectivity index (χ2v) is 18.9. The van der Waals surface area contributed by atoms with Crippen molar-refractivity contribution >= 4 is 53.7 Å². The average molecular weight is 783 g/mol. The molecular formula is C40H41BrFN5O4Si. The van der Waals surface area contributed by atoms with E-state index in [0.29, 0.717) is 24.3 Å². The number of ether oxygens (including phenoxy) is 1. The van der Waals surface area contributed by atoms with Gasteiger partial charge in [0.15, 0.2) is 5.60 Å². The molecule has 3 heterocycles. The summed E-state index contributed by atoms with van der Waals surface area (Å²) < 4.78 is 25.9. The number of nitrogens with zero attached hydrogens (tertiary/aromatic N) is 5. The van der Waals surface area contributed by atoms with Gasteiger partial charge in [0.1, 0.15) is 0 Å². The van der Waals surface area contributed by atoms with Crippen LogP contribution in [-0.2, 0) is 33.0 Å². The van der Waals surface area contributed by atoms with Gasteiger partial charge in [-0.3, -0.25) is 19.2 Å². The Morgan fingerprint density at radius 2 is 1.69 bits per heavy atom. The Labute approximate surface area is 312 Å². The van der Waals surface area contributed by atoms with E-state index in [4.69, 9.17) is 4.74 Å². The highest BCUT2D eigenvalue weighted by atomic mass is 79.9. The van der Waals surface area contributed by atoms with E-state index in [0.717, 1.165) is 38.9 Å². The zero-order valence-electron chi connectivity index (χ0n) is 29.3. The third-order valence-electron chi connectivity index (χ3n) is 10.6. The van der Waals surface area contributed by atoms with Crippen LogP contribution in [-0.4, -0.2) is 53.5 Å². The Hall–Kier alpha value is -4.49. The first-order valence-electron chi connectivity index (χ1n) is 17.5. The Morgan fingerprint density at radius 1 is 1.02 bits per heavy atom. The monoisotopic (exact) mass is 781 g/mol. The molecule has 0 aliphatic carbocycles. The number of hydrogen-bond donors (Lipinski definition) is 1. The highest BCUT2D eigenvalue weighted by Crippen LogP contribution is 2.60. The number of aromatic nitrogens is 3. The van der Waals surface area contributed by atoms with E-state index < -0.39 is 31.6 Å². The van der Waals surface area contributed by atoms with Gasteiger partial charge in [-0.1, -0.05) is 88.7 Å². The summed E-state index contributed by atoms with van der Waals surface area (Å²) in [4.78, 5) is 30.2. The summed E-state index contributed by atoms with van der Waals surface area (Å²) in [5, 5.41) is 18.9. The lowest BCUT2D eigenvalue weighted by molar-refractivity contribution is -0.146. The maximum Gasteiger partial charge on any atom is 0.264 e. The number of aliphatic hydroxyl groups excluding tert-OH is 1. The molecule has 268 valence electrons. The molecule has 2 amide bonds. The number of benzene rings is 4. The molecular weight excluding hydrogens is 741 g/mol. The van der Waals surface area contributed by atoms with Gasteiger partial charge in [0.25, 0.3) is 5.91 Å². The maximum absolute atomic E-state index is 16.4. The number of halogens is 2. The van der Waals surface area contributed by atoms with Gasteiger partial charge in [-0.05, 0) is 73.1 Å². The molecule has 5 atom stereocenters. The Kier molecular flexibility index (Phi) is 10.0. The normalized spacial score (nSPS) is 21.8. The van der Waals surface area contributed by atoms with E-state index in [-0.39, 0.29) is 25.0 Å². The van der Waals surface area contributed by atoms with Gasteiger partial charge in [0, 0.05) is 45.6 Å². The van der Waals surface area contributed by atoms with E-state index in [1.807, 2.05) is 116 Å². The number of carbonyl (C=O) groups excluding carboxylic acids is 2. The van der Waals surface area contributed by atoms with Gasteiger partial charge in [-0.25, -0.2) is 0 Å². The summed E-state index contributed by atoms with van der Waals surface area (Å²) >= 11 is 3.62. The van der Waals surface area contributed by atoms with Crippen LogP contribution in [0.3, 0.4) is 0 Å². The van der Waals surface area contributed by atoms with Crippen LogP contribution >= 0.6 is 15.9 Å². The van der Waals surface area contributed by atoms with Gasteiger partial charge < -0.3 is 18.9 Å². The predicted molar refractivity (Wildman–Crippen MR) is 204 cm³/mol. The minimum atomic E-state index is -3.37. The zero-order valence-corrected chi connectivity index (χ0v) is 31.9. The highest BCUT2D eigenvalue weighted by Gasteiger charge is 2.66. The predicted octanol–water partition coefficient (Wildman–Crippen LogP) is 7.87. The summed E-state index contributed by atoms with van der Waals surface area (Å²) in [7, 11) is -3.37. The molecule has 1 unspecified atom stereocenters. The quantitative estimate of drug-likeness (QED) is 0.0786. The molecule has 9 nitrogen and oxygen atoms in total. The van der Waals surface area contributed by atoms with Crippen molar-refractivity contribution in [2.24, 2.45) is 5.92 Å². The fourth-order valence-corrected chi connectivity index (χ4v) is 11.1. The number of rotatable bonds is 12. The molecule has 1 aromatic heterocycles. The van der Waals surface area contributed by atoms with Crippen molar-refractivity contribution in [1.29, 1.82) is 0 Å². The first kappa shape index (κ1) is 35.9. The molecule has 0 radical (unpaired) electrons. The number of amides is 2. The molecule has 4 aromatic carbocycles.